The number of carbonyl (C=O) groups excluding carboxylic acids is 2. The van der Waals surface area contributed by atoms with Gasteiger partial charge in [0.2, 0.25) is 11.7 Å². The van der Waals surface area contributed by atoms with Crippen LogP contribution in [0.15, 0.2) is 58.3 Å². The lowest BCUT2D eigenvalue weighted by Gasteiger charge is -2.13. The second kappa shape index (κ2) is 9.59. The molecule has 0 radical (unpaired) electrons. The Bertz CT molecular complexity index is 984. The molecule has 0 spiro atoms. The van der Waals surface area contributed by atoms with Gasteiger partial charge in [0.05, 0.1) is 24.7 Å². The van der Waals surface area contributed by atoms with E-state index in [-0.39, 0.29) is 11.9 Å². The topological polar surface area (TPSA) is 111 Å². The van der Waals surface area contributed by atoms with Gasteiger partial charge in [0, 0.05) is 12.3 Å². The maximum Gasteiger partial charge on any atom is 0.325 e. The molecular weight excluding hydrogens is 406 g/mol. The second-order valence-corrected chi connectivity index (χ2v) is 7.63. The number of thioether (sulfide) groups is 1. The molecule has 1 aromatic carbocycles. The van der Waals surface area contributed by atoms with Crippen LogP contribution in [0.2, 0.25) is 0 Å². The molecule has 0 saturated carbocycles. The zero-order valence-corrected chi connectivity index (χ0v) is 16.9. The molecule has 4 rings (SSSR count). The highest BCUT2D eigenvalue weighted by atomic mass is 32.2. The van der Waals surface area contributed by atoms with Gasteiger partial charge in [-0.05, 0) is 37.1 Å². The van der Waals surface area contributed by atoms with E-state index >= 15 is 0 Å². The Kier molecular flexibility index (Phi) is 6.45. The molecular formula is C20H21N5O4S. The van der Waals surface area contributed by atoms with Crippen LogP contribution in [0.4, 0.5) is 10.5 Å². The fourth-order valence-corrected chi connectivity index (χ4v) is 3.86. The number of nitrogens with one attached hydrogen (secondary N) is 2. The van der Waals surface area contributed by atoms with Crippen molar-refractivity contribution >= 4 is 29.4 Å². The maximum atomic E-state index is 12.2. The summed E-state index contributed by atoms with van der Waals surface area (Å²) in [6, 6.07) is 11.9. The van der Waals surface area contributed by atoms with E-state index in [4.69, 9.17) is 9.15 Å². The molecule has 9 nitrogen and oxygen atoms in total. The number of nitrogens with zero attached hydrogens (tertiary/aromatic N) is 3. The van der Waals surface area contributed by atoms with E-state index in [0.29, 0.717) is 29.0 Å². The lowest BCUT2D eigenvalue weighted by atomic mass is 10.2. The molecule has 156 valence electrons. The number of anilines is 1. The molecule has 10 heteroatoms. The minimum absolute atomic E-state index is 0.0179. The summed E-state index contributed by atoms with van der Waals surface area (Å²) in [6.45, 7) is 1.31. The van der Waals surface area contributed by atoms with Gasteiger partial charge < -0.3 is 14.5 Å². The second-order valence-electron chi connectivity index (χ2n) is 6.69. The van der Waals surface area contributed by atoms with Crippen LogP contribution in [-0.4, -0.2) is 45.2 Å². The Morgan fingerprint density at radius 3 is 2.77 bits per heavy atom. The molecule has 0 aliphatic carbocycles. The Balaban J connectivity index is 1.38. The Labute approximate surface area is 177 Å². The van der Waals surface area contributed by atoms with E-state index < -0.39 is 11.9 Å². The summed E-state index contributed by atoms with van der Waals surface area (Å²) >= 11 is 1.21. The highest BCUT2D eigenvalue weighted by molar-refractivity contribution is 7.99. The number of benzene rings is 1. The molecule has 30 heavy (non-hydrogen) atoms. The smallest absolute Gasteiger partial charge is 0.325 e. The first-order chi connectivity index (χ1) is 14.7. The molecule has 3 amide bonds. The highest BCUT2D eigenvalue weighted by Gasteiger charge is 2.23. The van der Waals surface area contributed by atoms with Crippen molar-refractivity contribution in [2.75, 3.05) is 17.7 Å². The fraction of sp³-hybridized carbons (Fsp3) is 0.300. The van der Waals surface area contributed by atoms with Gasteiger partial charge >= 0.3 is 6.03 Å². The lowest BCUT2D eigenvalue weighted by molar-refractivity contribution is -0.117. The van der Waals surface area contributed by atoms with Crippen LogP contribution in [-0.2, 0) is 16.1 Å². The number of aromatic nitrogens is 3. The Morgan fingerprint density at radius 1 is 1.17 bits per heavy atom. The van der Waals surface area contributed by atoms with E-state index in [0.717, 1.165) is 19.4 Å². The van der Waals surface area contributed by atoms with Gasteiger partial charge in [0.15, 0.2) is 10.9 Å². The summed E-state index contributed by atoms with van der Waals surface area (Å²) in [4.78, 5) is 24.2. The van der Waals surface area contributed by atoms with Crippen LogP contribution in [0.5, 0.6) is 0 Å². The number of ether oxygens (including phenoxy) is 1. The number of hydrogen-bond donors (Lipinski definition) is 2. The van der Waals surface area contributed by atoms with Gasteiger partial charge in [-0.2, -0.15) is 0 Å². The summed E-state index contributed by atoms with van der Waals surface area (Å²) in [7, 11) is 0. The number of rotatable bonds is 7. The SMILES string of the molecule is O=C(CSc1nnc(-c2ccco2)n1C[C@H]1CCCO1)NC(=O)Nc1ccccc1. The van der Waals surface area contributed by atoms with Crippen LogP contribution in [0.1, 0.15) is 12.8 Å². The van der Waals surface area contributed by atoms with Crippen molar-refractivity contribution in [3.8, 4) is 11.6 Å². The summed E-state index contributed by atoms with van der Waals surface area (Å²) in [6.07, 6.45) is 3.62. The first kappa shape index (κ1) is 20.2. The number of furan rings is 1. The third kappa shape index (κ3) is 5.08. The summed E-state index contributed by atoms with van der Waals surface area (Å²) in [5.74, 6) is 0.767. The zero-order chi connectivity index (χ0) is 20.8. The fourth-order valence-electron chi connectivity index (χ4n) is 3.12. The van der Waals surface area contributed by atoms with Crippen molar-refractivity contribution in [1.82, 2.24) is 20.1 Å². The van der Waals surface area contributed by atoms with Crippen molar-refractivity contribution in [3.05, 3.63) is 48.7 Å². The molecule has 1 atom stereocenters. The summed E-state index contributed by atoms with van der Waals surface area (Å²) in [5, 5.41) is 13.9. The molecule has 1 aliphatic rings. The van der Waals surface area contributed by atoms with Gasteiger partial charge in [0.1, 0.15) is 0 Å². The van der Waals surface area contributed by atoms with Crippen LogP contribution in [0.25, 0.3) is 11.6 Å². The average Bonchev–Trinajstić information content (AvgIpc) is 3.50. The Morgan fingerprint density at radius 2 is 2.03 bits per heavy atom. The predicted octanol–water partition coefficient (Wildman–Crippen LogP) is 3.16. The van der Waals surface area contributed by atoms with E-state index in [1.54, 1.807) is 36.6 Å². The number of imide groups is 1. The lowest BCUT2D eigenvalue weighted by Crippen LogP contribution is -2.35. The average molecular weight is 427 g/mol. The molecule has 1 aliphatic heterocycles. The van der Waals surface area contributed by atoms with Crippen LogP contribution >= 0.6 is 11.8 Å². The number of para-hydroxylation sites is 1. The largest absolute Gasteiger partial charge is 0.461 e. The molecule has 3 heterocycles. The third-order valence-corrected chi connectivity index (χ3v) is 5.45. The highest BCUT2D eigenvalue weighted by Crippen LogP contribution is 2.26. The summed E-state index contributed by atoms with van der Waals surface area (Å²) < 4.78 is 13.1. The molecule has 0 unspecified atom stereocenters. The van der Waals surface area contributed by atoms with E-state index in [1.165, 1.54) is 11.8 Å². The van der Waals surface area contributed by atoms with Gasteiger partial charge in [-0.1, -0.05) is 30.0 Å². The monoisotopic (exact) mass is 427 g/mol. The van der Waals surface area contributed by atoms with Crippen LogP contribution in [0, 0.1) is 0 Å². The minimum atomic E-state index is -0.580. The normalized spacial score (nSPS) is 15.8. The third-order valence-electron chi connectivity index (χ3n) is 4.49. The maximum absolute atomic E-state index is 12.2. The molecule has 2 aromatic heterocycles. The molecule has 1 fully saturated rings. The van der Waals surface area contributed by atoms with Gasteiger partial charge in [0.25, 0.3) is 0 Å². The standard InChI is InChI=1S/C20H21N5O4S/c26-17(22-19(27)21-14-6-2-1-3-7-14)13-30-20-24-23-18(16-9-5-11-29-16)25(20)12-15-8-4-10-28-15/h1-3,5-7,9,11,15H,4,8,10,12-13H2,(H2,21,22,26,27)/t15-/m1/s1. The number of urea groups is 1. The van der Waals surface area contributed by atoms with Crippen molar-refractivity contribution in [2.24, 2.45) is 0 Å². The van der Waals surface area contributed by atoms with Crippen molar-refractivity contribution in [3.63, 3.8) is 0 Å². The Hall–Kier alpha value is -3.11. The van der Waals surface area contributed by atoms with Crippen molar-refractivity contribution in [2.45, 2.75) is 30.6 Å². The molecule has 1 saturated heterocycles. The predicted molar refractivity (Wildman–Crippen MR) is 111 cm³/mol. The molecule has 0 bridgehead atoms. The van der Waals surface area contributed by atoms with Gasteiger partial charge in [-0.3, -0.25) is 14.7 Å². The minimum Gasteiger partial charge on any atom is -0.461 e. The first-order valence-corrected chi connectivity index (χ1v) is 10.5. The van der Waals surface area contributed by atoms with E-state index in [1.807, 2.05) is 16.7 Å². The quantitative estimate of drug-likeness (QED) is 0.557. The summed E-state index contributed by atoms with van der Waals surface area (Å²) in [5.41, 5.74) is 0.606. The van der Waals surface area contributed by atoms with Crippen molar-refractivity contribution < 1.29 is 18.7 Å². The first-order valence-electron chi connectivity index (χ1n) is 9.56. The van der Waals surface area contributed by atoms with Crippen molar-refractivity contribution in [1.29, 1.82) is 0 Å². The van der Waals surface area contributed by atoms with Gasteiger partial charge in [-0.25, -0.2) is 4.79 Å². The number of carbonyl (C=O) groups is 2. The van der Waals surface area contributed by atoms with Crippen LogP contribution in [0.3, 0.4) is 0 Å². The van der Waals surface area contributed by atoms with E-state index in [9.17, 15) is 9.59 Å². The molecule has 2 N–H and O–H groups in total. The van der Waals surface area contributed by atoms with Gasteiger partial charge in [-0.15, -0.1) is 10.2 Å². The number of hydrogen-bond acceptors (Lipinski definition) is 7. The van der Waals surface area contributed by atoms with E-state index in [2.05, 4.69) is 20.8 Å². The number of amides is 3. The van der Waals surface area contributed by atoms with Crippen LogP contribution < -0.4 is 10.6 Å². The molecule has 3 aromatic rings. The zero-order valence-electron chi connectivity index (χ0n) is 16.1.